The van der Waals surface area contributed by atoms with Gasteiger partial charge in [0, 0.05) is 0 Å². The van der Waals surface area contributed by atoms with Crippen LogP contribution in [0.15, 0.2) is 17.9 Å². The van der Waals surface area contributed by atoms with E-state index < -0.39 is 18.4 Å². The van der Waals surface area contributed by atoms with Crippen LogP contribution < -0.4 is 0 Å². The van der Waals surface area contributed by atoms with Gasteiger partial charge < -0.3 is 4.43 Å². The summed E-state index contributed by atoms with van der Waals surface area (Å²) in [6.07, 6.45) is 4.37. The number of hydrogen-bond donors (Lipinski definition) is 0. The van der Waals surface area contributed by atoms with Crippen molar-refractivity contribution in [2.45, 2.75) is 58.2 Å². The molecule has 0 aliphatic heterocycles. The van der Waals surface area contributed by atoms with Crippen molar-refractivity contribution in [1.29, 1.82) is 0 Å². The van der Waals surface area contributed by atoms with Crippen LogP contribution >= 0.6 is 0 Å². The van der Waals surface area contributed by atoms with Gasteiger partial charge in [-0.1, -0.05) is 41.5 Å². The Morgan fingerprint density at radius 1 is 0.952 bits per heavy atom. The maximum atomic E-state index is 10.8. The van der Waals surface area contributed by atoms with Crippen molar-refractivity contribution >= 4 is 18.4 Å². The van der Waals surface area contributed by atoms with E-state index in [0.29, 0.717) is 23.2 Å². The fraction of sp³-hybridized carbons (Fsp3) is 0.800. The third-order valence-corrected chi connectivity index (χ3v) is 10.4. The summed E-state index contributed by atoms with van der Waals surface area (Å²) in [5.41, 5.74) is 4.54. The van der Waals surface area contributed by atoms with Gasteiger partial charge in [-0.2, -0.15) is 8.42 Å². The quantitative estimate of drug-likeness (QED) is 0.365. The second-order valence-corrected chi connectivity index (χ2v) is 13.3. The molecule has 0 radical (unpaired) electrons. The third-order valence-electron chi connectivity index (χ3n) is 3.72. The molecule has 0 aromatic rings. The van der Waals surface area contributed by atoms with Crippen molar-refractivity contribution in [2.75, 3.05) is 19.5 Å². The van der Waals surface area contributed by atoms with Crippen molar-refractivity contribution in [2.24, 2.45) is 0 Å². The van der Waals surface area contributed by atoms with Gasteiger partial charge in [0.15, 0.2) is 0 Å². The Bertz CT molecular complexity index is 438. The average Bonchev–Trinajstić information content (AvgIpc) is 2.29. The van der Waals surface area contributed by atoms with Crippen LogP contribution in [0, 0.1) is 0 Å². The monoisotopic (exact) mass is 334 g/mol. The highest BCUT2D eigenvalue weighted by Crippen LogP contribution is 2.42. The summed E-state index contributed by atoms with van der Waals surface area (Å²) in [6, 6.07) is 0. The van der Waals surface area contributed by atoms with Gasteiger partial charge in [-0.05, 0) is 28.8 Å². The van der Waals surface area contributed by atoms with E-state index in [0.717, 1.165) is 6.26 Å². The van der Waals surface area contributed by atoms with E-state index in [1.54, 1.807) is 12.2 Å². The van der Waals surface area contributed by atoms with Crippen LogP contribution in [0.3, 0.4) is 0 Å². The lowest BCUT2D eigenvalue weighted by Crippen LogP contribution is -2.47. The minimum absolute atomic E-state index is 0.0104. The van der Waals surface area contributed by atoms with Gasteiger partial charge in [0.25, 0.3) is 10.1 Å². The molecule has 0 aliphatic rings. The van der Waals surface area contributed by atoms with Crippen LogP contribution in [0.5, 0.6) is 0 Å². The minimum Gasteiger partial charge on any atom is -0.412 e. The SMILES string of the molecule is CC(C)[Si](OCC=C=CCOS(C)(=O)=O)(C(C)C)C(C)C. The molecule has 0 bridgehead atoms. The molecule has 0 heterocycles. The second kappa shape index (κ2) is 8.91. The predicted octanol–water partition coefficient (Wildman–Crippen LogP) is 3.87. The van der Waals surface area contributed by atoms with Gasteiger partial charge in [-0.3, -0.25) is 4.18 Å². The first-order valence-corrected chi connectivity index (χ1v) is 11.4. The average molecular weight is 335 g/mol. The molecule has 21 heavy (non-hydrogen) atoms. The lowest BCUT2D eigenvalue weighted by atomic mass is 10.5. The highest BCUT2D eigenvalue weighted by molar-refractivity contribution is 7.85. The van der Waals surface area contributed by atoms with E-state index in [9.17, 15) is 8.42 Å². The molecule has 0 aromatic heterocycles. The lowest BCUT2D eigenvalue weighted by Gasteiger charge is -2.41. The zero-order chi connectivity index (χ0) is 16.7. The molecule has 0 amide bonds. The van der Waals surface area contributed by atoms with E-state index >= 15 is 0 Å². The molecule has 0 saturated carbocycles. The maximum absolute atomic E-state index is 10.8. The van der Waals surface area contributed by atoms with E-state index in [1.807, 2.05) is 0 Å². The Kier molecular flexibility index (Phi) is 8.74. The van der Waals surface area contributed by atoms with Crippen LogP contribution in [0.4, 0.5) is 0 Å². The smallest absolute Gasteiger partial charge is 0.264 e. The van der Waals surface area contributed by atoms with Crippen LogP contribution in [0.2, 0.25) is 16.6 Å². The van der Waals surface area contributed by atoms with E-state index in [2.05, 4.69) is 51.5 Å². The molecule has 0 aromatic carbocycles. The minimum atomic E-state index is -3.38. The van der Waals surface area contributed by atoms with E-state index in [4.69, 9.17) is 4.43 Å². The second-order valence-electron chi connectivity index (χ2n) is 6.19. The van der Waals surface area contributed by atoms with Crippen molar-refractivity contribution < 1.29 is 17.0 Å². The Labute approximate surface area is 131 Å². The van der Waals surface area contributed by atoms with Gasteiger partial charge in [-0.15, -0.1) is 5.73 Å². The molecular weight excluding hydrogens is 304 g/mol. The summed E-state index contributed by atoms with van der Waals surface area (Å²) in [7, 11) is -5.22. The van der Waals surface area contributed by atoms with Crippen LogP contribution in [0.1, 0.15) is 41.5 Å². The molecule has 0 N–H and O–H groups in total. The van der Waals surface area contributed by atoms with Crippen molar-refractivity contribution in [3.05, 3.63) is 17.9 Å². The molecule has 0 saturated heterocycles. The molecule has 0 unspecified atom stereocenters. The molecule has 124 valence electrons. The fourth-order valence-corrected chi connectivity index (χ4v) is 8.71. The van der Waals surface area contributed by atoms with Gasteiger partial charge in [0.05, 0.1) is 19.5 Å². The Morgan fingerprint density at radius 3 is 1.76 bits per heavy atom. The summed E-state index contributed by atoms with van der Waals surface area (Å²) in [6.45, 7) is 14.0. The third kappa shape index (κ3) is 6.93. The molecule has 4 nitrogen and oxygen atoms in total. The predicted molar refractivity (Wildman–Crippen MR) is 90.4 cm³/mol. The summed E-state index contributed by atoms with van der Waals surface area (Å²) >= 11 is 0. The number of hydrogen-bond acceptors (Lipinski definition) is 4. The zero-order valence-corrected chi connectivity index (χ0v) is 16.2. The van der Waals surface area contributed by atoms with Gasteiger partial charge in [0.1, 0.15) is 0 Å². The fourth-order valence-electron chi connectivity index (χ4n) is 3.02. The molecule has 0 spiro atoms. The first-order chi connectivity index (χ1) is 9.54. The normalized spacial score (nSPS) is 12.9. The summed E-state index contributed by atoms with van der Waals surface area (Å²) in [4.78, 5) is 0. The first-order valence-electron chi connectivity index (χ1n) is 7.41. The molecule has 0 atom stereocenters. The molecule has 6 heteroatoms. The zero-order valence-electron chi connectivity index (χ0n) is 14.3. The summed E-state index contributed by atoms with van der Waals surface area (Å²) in [5, 5.41) is 0. The highest BCUT2D eigenvalue weighted by Gasteiger charge is 2.44. The topological polar surface area (TPSA) is 52.6 Å². The first kappa shape index (κ1) is 20.6. The Balaban J connectivity index is 4.62. The molecule has 0 rings (SSSR count). The van der Waals surface area contributed by atoms with Crippen LogP contribution in [0.25, 0.3) is 0 Å². The van der Waals surface area contributed by atoms with Crippen molar-refractivity contribution in [1.82, 2.24) is 0 Å². The Hall–Kier alpha value is -0.393. The number of rotatable bonds is 9. The largest absolute Gasteiger partial charge is 0.412 e. The molecule has 0 fully saturated rings. The van der Waals surface area contributed by atoms with Crippen molar-refractivity contribution in [3.8, 4) is 0 Å². The molecule has 0 aliphatic carbocycles. The van der Waals surface area contributed by atoms with Gasteiger partial charge >= 0.3 is 0 Å². The lowest BCUT2D eigenvalue weighted by molar-refractivity contribution is 0.316. The standard InChI is InChI=1S/C15H30O4SSi/c1-13(2)21(14(3)4,15(5)6)19-12-10-8-9-11-18-20(7,16)17/h9-10,13-15H,11-12H2,1-7H3. The van der Waals surface area contributed by atoms with Gasteiger partial charge in [-0.25, -0.2) is 0 Å². The van der Waals surface area contributed by atoms with Crippen molar-refractivity contribution in [3.63, 3.8) is 0 Å². The summed E-state index contributed by atoms with van der Waals surface area (Å²) in [5.74, 6) is 0. The maximum Gasteiger partial charge on any atom is 0.264 e. The van der Waals surface area contributed by atoms with Crippen LogP contribution in [-0.4, -0.2) is 36.2 Å². The van der Waals surface area contributed by atoms with Crippen LogP contribution in [-0.2, 0) is 18.7 Å². The molecular formula is C15H30O4SSi. The van der Waals surface area contributed by atoms with Gasteiger partial charge in [0.2, 0.25) is 8.32 Å². The van der Waals surface area contributed by atoms with E-state index in [-0.39, 0.29) is 6.61 Å². The Morgan fingerprint density at radius 2 is 1.38 bits per heavy atom. The van der Waals surface area contributed by atoms with E-state index in [1.165, 1.54) is 0 Å². The summed E-state index contributed by atoms with van der Waals surface area (Å²) < 4.78 is 32.5. The highest BCUT2D eigenvalue weighted by atomic mass is 32.2.